The maximum Gasteiger partial charge on any atom is 0.316 e. The van der Waals surface area contributed by atoms with Gasteiger partial charge in [-0.15, -0.1) is 10.2 Å². The van der Waals surface area contributed by atoms with Gasteiger partial charge in [0.25, 0.3) is 0 Å². The molecule has 178 valence electrons. The van der Waals surface area contributed by atoms with Crippen LogP contribution in [0.25, 0.3) is 11.4 Å². The number of nitrogens with zero attached hydrogens (tertiary/aromatic N) is 8. The van der Waals surface area contributed by atoms with Crippen molar-refractivity contribution in [3.63, 3.8) is 0 Å². The SMILES string of the molecule is COc1ncc(F)c(C(C)C(=O)N2CC[C@@]3(CCc4cc(-c5nnn(C)n5)c(C)nc4N3)C2)n1. The average molecular weight is 468 g/mol. The lowest BCUT2D eigenvalue weighted by Gasteiger charge is -2.36. The van der Waals surface area contributed by atoms with E-state index in [0.717, 1.165) is 48.1 Å². The first-order valence-corrected chi connectivity index (χ1v) is 11.2. The van der Waals surface area contributed by atoms with E-state index in [1.807, 2.05) is 6.92 Å². The largest absolute Gasteiger partial charge is 0.467 e. The Morgan fingerprint density at radius 3 is 2.88 bits per heavy atom. The highest BCUT2D eigenvalue weighted by Gasteiger charge is 2.43. The van der Waals surface area contributed by atoms with E-state index in [2.05, 4.69) is 36.8 Å². The summed E-state index contributed by atoms with van der Waals surface area (Å²) in [6, 6.07) is 2.11. The van der Waals surface area contributed by atoms with E-state index < -0.39 is 11.7 Å². The quantitative estimate of drug-likeness (QED) is 0.610. The number of anilines is 1. The van der Waals surface area contributed by atoms with Crippen LogP contribution in [0.2, 0.25) is 0 Å². The maximum atomic E-state index is 14.3. The highest BCUT2D eigenvalue weighted by molar-refractivity contribution is 5.83. The zero-order chi connectivity index (χ0) is 24.0. The van der Waals surface area contributed by atoms with Crippen molar-refractivity contribution in [2.24, 2.45) is 7.05 Å². The van der Waals surface area contributed by atoms with Gasteiger partial charge < -0.3 is 15.0 Å². The molecule has 3 aromatic rings. The second-order valence-electron chi connectivity index (χ2n) is 8.96. The topological polar surface area (TPSA) is 124 Å². The summed E-state index contributed by atoms with van der Waals surface area (Å²) in [5.41, 5.74) is 2.54. The van der Waals surface area contributed by atoms with Gasteiger partial charge >= 0.3 is 6.01 Å². The van der Waals surface area contributed by atoms with Crippen LogP contribution >= 0.6 is 0 Å². The lowest BCUT2D eigenvalue weighted by Crippen LogP contribution is -2.46. The van der Waals surface area contributed by atoms with Crippen molar-refractivity contribution in [2.45, 2.75) is 44.6 Å². The molecule has 2 aliphatic rings. The number of carbonyl (C=O) groups is 1. The number of carbonyl (C=O) groups excluding carboxylic acids is 1. The Labute approximate surface area is 195 Å². The number of likely N-dealkylation sites (tertiary alicyclic amines) is 1. The predicted molar refractivity (Wildman–Crippen MR) is 120 cm³/mol. The van der Waals surface area contributed by atoms with Crippen LogP contribution in [0.15, 0.2) is 12.3 Å². The van der Waals surface area contributed by atoms with Crippen molar-refractivity contribution in [1.29, 1.82) is 0 Å². The number of methoxy groups -OCH3 is 1. The number of pyridine rings is 1. The molecule has 1 N–H and O–H groups in total. The van der Waals surface area contributed by atoms with Gasteiger partial charge in [-0.2, -0.15) is 9.78 Å². The molecule has 2 aliphatic heterocycles. The Morgan fingerprint density at radius 2 is 2.15 bits per heavy atom. The zero-order valence-corrected chi connectivity index (χ0v) is 19.5. The number of amides is 1. The highest BCUT2D eigenvalue weighted by atomic mass is 19.1. The standard InChI is InChI=1S/C22H26FN9O2/c1-12(17-16(23)10-24-21(26-17)34-4)20(33)32-8-7-22(11-32)6-5-14-9-15(13(2)25-18(14)27-22)19-28-30-31(3)29-19/h9-10,12H,5-8,11H2,1-4H3,(H,25,27)/t12?,22-/m0/s1. The Balaban J connectivity index is 1.33. The lowest BCUT2D eigenvalue weighted by atomic mass is 9.86. The van der Waals surface area contributed by atoms with Gasteiger partial charge in [-0.1, -0.05) is 0 Å². The summed E-state index contributed by atoms with van der Waals surface area (Å²) in [5.74, 6) is -0.155. The van der Waals surface area contributed by atoms with E-state index in [1.54, 1.807) is 18.9 Å². The van der Waals surface area contributed by atoms with Crippen molar-refractivity contribution < 1.29 is 13.9 Å². The van der Waals surface area contributed by atoms with Crippen molar-refractivity contribution in [3.05, 3.63) is 35.0 Å². The molecule has 0 aliphatic carbocycles. The van der Waals surface area contributed by atoms with Crippen molar-refractivity contribution in [1.82, 2.24) is 40.1 Å². The first-order chi connectivity index (χ1) is 16.3. The van der Waals surface area contributed by atoms with E-state index in [0.29, 0.717) is 18.9 Å². The molecule has 5 heterocycles. The van der Waals surface area contributed by atoms with Crippen LogP contribution in [0.4, 0.5) is 10.2 Å². The van der Waals surface area contributed by atoms with Crippen LogP contribution in [0.1, 0.15) is 42.6 Å². The molecule has 0 aromatic carbocycles. The van der Waals surface area contributed by atoms with Gasteiger partial charge in [0.15, 0.2) is 5.82 Å². The molecule has 2 atom stereocenters. The molecule has 1 unspecified atom stereocenters. The van der Waals surface area contributed by atoms with E-state index >= 15 is 0 Å². The van der Waals surface area contributed by atoms with Gasteiger partial charge in [0.05, 0.1) is 43.2 Å². The van der Waals surface area contributed by atoms with Crippen molar-refractivity contribution in [3.8, 4) is 17.4 Å². The molecule has 5 rings (SSSR count). The number of aromatic nitrogens is 7. The van der Waals surface area contributed by atoms with Crippen LogP contribution in [0.5, 0.6) is 6.01 Å². The molecule has 1 amide bonds. The molecule has 1 spiro atoms. The molecule has 1 fully saturated rings. The number of nitrogens with one attached hydrogen (secondary N) is 1. The summed E-state index contributed by atoms with van der Waals surface area (Å²) >= 11 is 0. The van der Waals surface area contributed by atoms with Crippen LogP contribution in [-0.4, -0.2) is 71.7 Å². The number of hydrogen-bond donors (Lipinski definition) is 1. The molecule has 11 nitrogen and oxygen atoms in total. The smallest absolute Gasteiger partial charge is 0.316 e. The predicted octanol–water partition coefficient (Wildman–Crippen LogP) is 1.65. The number of halogens is 1. The molecule has 3 aromatic heterocycles. The summed E-state index contributed by atoms with van der Waals surface area (Å²) in [6.45, 7) is 4.68. The second kappa shape index (κ2) is 8.26. The van der Waals surface area contributed by atoms with Gasteiger partial charge in [-0.3, -0.25) is 4.79 Å². The minimum atomic E-state index is -0.745. The van der Waals surface area contributed by atoms with Gasteiger partial charge in [0.2, 0.25) is 11.7 Å². The molecular formula is C22H26FN9O2. The number of rotatable bonds is 4. The van der Waals surface area contributed by atoms with Crippen LogP contribution in [0, 0.1) is 12.7 Å². The van der Waals surface area contributed by atoms with Gasteiger partial charge in [-0.05, 0) is 50.0 Å². The summed E-state index contributed by atoms with van der Waals surface area (Å²) in [7, 11) is 3.13. The van der Waals surface area contributed by atoms with Gasteiger partial charge in [-0.25, -0.2) is 14.4 Å². The molecule has 0 bridgehead atoms. The minimum absolute atomic E-state index is 0.0389. The summed E-state index contributed by atoms with van der Waals surface area (Å²) in [5, 5.41) is 15.9. The lowest BCUT2D eigenvalue weighted by molar-refractivity contribution is -0.131. The molecule has 0 radical (unpaired) electrons. The molecule has 12 heteroatoms. The van der Waals surface area contributed by atoms with E-state index in [-0.39, 0.29) is 23.2 Å². The normalized spacial score (nSPS) is 20.2. The van der Waals surface area contributed by atoms with Gasteiger partial charge in [0.1, 0.15) is 5.82 Å². The maximum absolute atomic E-state index is 14.3. The summed E-state index contributed by atoms with van der Waals surface area (Å²) < 4.78 is 19.3. The second-order valence-corrected chi connectivity index (χ2v) is 8.96. The Morgan fingerprint density at radius 1 is 1.32 bits per heavy atom. The molecular weight excluding hydrogens is 441 g/mol. The van der Waals surface area contributed by atoms with E-state index in [4.69, 9.17) is 9.72 Å². The zero-order valence-electron chi connectivity index (χ0n) is 19.5. The first kappa shape index (κ1) is 22.1. The monoisotopic (exact) mass is 467 g/mol. The Kier molecular flexibility index (Phi) is 5.37. The molecule has 1 saturated heterocycles. The number of tetrazole rings is 1. The Hall–Kier alpha value is -3.70. The van der Waals surface area contributed by atoms with E-state index in [9.17, 15) is 9.18 Å². The fraction of sp³-hybridized carbons (Fsp3) is 0.500. The number of ether oxygens (including phenoxy) is 1. The highest BCUT2D eigenvalue weighted by Crippen LogP contribution is 2.38. The summed E-state index contributed by atoms with van der Waals surface area (Å²) in [4.78, 5) is 29.0. The molecule has 0 saturated carbocycles. The fourth-order valence-electron chi connectivity index (χ4n) is 4.77. The van der Waals surface area contributed by atoms with Gasteiger partial charge in [0, 0.05) is 18.7 Å². The average Bonchev–Trinajstić information content (AvgIpc) is 3.44. The van der Waals surface area contributed by atoms with E-state index in [1.165, 1.54) is 11.9 Å². The van der Waals surface area contributed by atoms with Crippen molar-refractivity contribution in [2.75, 3.05) is 25.5 Å². The third-order valence-electron chi connectivity index (χ3n) is 6.68. The third-order valence-corrected chi connectivity index (χ3v) is 6.68. The first-order valence-electron chi connectivity index (χ1n) is 11.2. The number of aryl methyl sites for hydroxylation is 3. The fourth-order valence-corrected chi connectivity index (χ4v) is 4.77. The minimum Gasteiger partial charge on any atom is -0.467 e. The van der Waals surface area contributed by atoms with Crippen molar-refractivity contribution >= 4 is 11.7 Å². The third kappa shape index (κ3) is 3.82. The number of fused-ring (bicyclic) bond motifs is 1. The van der Waals surface area contributed by atoms with Crippen LogP contribution in [0.3, 0.4) is 0 Å². The number of hydrogen-bond acceptors (Lipinski definition) is 9. The van der Waals surface area contributed by atoms with Crippen LogP contribution in [-0.2, 0) is 18.3 Å². The summed E-state index contributed by atoms with van der Waals surface area (Å²) in [6.07, 6.45) is 3.49. The Bertz CT molecular complexity index is 1260. The van der Waals surface area contributed by atoms with Crippen LogP contribution < -0.4 is 10.1 Å². The molecule has 34 heavy (non-hydrogen) atoms.